The highest BCUT2D eigenvalue weighted by atomic mass is 16.5. The molecule has 1 aromatic carbocycles. The van der Waals surface area contributed by atoms with E-state index in [9.17, 15) is 0 Å². The number of ether oxygens (including phenoxy) is 1. The lowest BCUT2D eigenvalue weighted by Gasteiger charge is -2.32. The molecule has 24 heavy (non-hydrogen) atoms. The number of rotatable bonds is 3. The summed E-state index contributed by atoms with van der Waals surface area (Å²) in [6.45, 7) is 9.42. The second kappa shape index (κ2) is 6.71. The molecule has 0 amide bonds. The van der Waals surface area contributed by atoms with E-state index in [-0.39, 0.29) is 11.6 Å². The van der Waals surface area contributed by atoms with Crippen LogP contribution in [0.25, 0.3) is 0 Å². The van der Waals surface area contributed by atoms with Gasteiger partial charge < -0.3 is 4.74 Å². The number of nitriles is 1. The number of benzene rings is 1. The number of hydrogen-bond acceptors (Lipinski definition) is 5. The van der Waals surface area contributed by atoms with Gasteiger partial charge in [0, 0.05) is 19.6 Å². The second-order valence-corrected chi connectivity index (χ2v) is 7.16. The maximum Gasteiger partial charge on any atom is 0.0991 e. The highest BCUT2D eigenvalue weighted by Crippen LogP contribution is 2.24. The maximum absolute atomic E-state index is 9.06. The Labute approximate surface area is 142 Å². The Hall–Kier alpha value is -2.23. The minimum absolute atomic E-state index is 0.00953. The molecule has 1 aromatic heterocycles. The summed E-state index contributed by atoms with van der Waals surface area (Å²) in [5.74, 6) is 0. The van der Waals surface area contributed by atoms with E-state index in [1.54, 1.807) is 0 Å². The standard InChI is InChI=1S/C18H23N5O/c1-18(2,3)23-12-16(20-21-23)11-22-7-8-24-17(13-22)15-6-4-5-14(9-15)10-19/h4-6,9,12,17H,7-8,11,13H2,1-3H3/t17-/m1/s1. The summed E-state index contributed by atoms with van der Waals surface area (Å²) in [7, 11) is 0. The Bertz CT molecular complexity index is 740. The zero-order valence-corrected chi connectivity index (χ0v) is 14.4. The molecule has 0 N–H and O–H groups in total. The van der Waals surface area contributed by atoms with Crippen LogP contribution >= 0.6 is 0 Å². The lowest BCUT2D eigenvalue weighted by Crippen LogP contribution is -2.37. The summed E-state index contributed by atoms with van der Waals surface area (Å²) in [6.07, 6.45) is 2.01. The zero-order valence-electron chi connectivity index (χ0n) is 14.4. The topological polar surface area (TPSA) is 67.0 Å². The quantitative estimate of drug-likeness (QED) is 0.867. The van der Waals surface area contributed by atoms with E-state index in [1.807, 2.05) is 35.1 Å². The van der Waals surface area contributed by atoms with Crippen LogP contribution in [0.3, 0.4) is 0 Å². The first kappa shape index (κ1) is 16.6. The third kappa shape index (κ3) is 3.81. The van der Waals surface area contributed by atoms with Crippen molar-refractivity contribution in [1.82, 2.24) is 19.9 Å². The molecule has 0 bridgehead atoms. The lowest BCUT2D eigenvalue weighted by molar-refractivity contribution is -0.0333. The molecule has 0 unspecified atom stereocenters. The van der Waals surface area contributed by atoms with Gasteiger partial charge in [-0.3, -0.25) is 4.90 Å². The van der Waals surface area contributed by atoms with E-state index in [4.69, 9.17) is 10.00 Å². The number of aromatic nitrogens is 3. The number of morpholine rings is 1. The fourth-order valence-electron chi connectivity index (χ4n) is 2.78. The predicted molar refractivity (Wildman–Crippen MR) is 90.1 cm³/mol. The first-order valence-corrected chi connectivity index (χ1v) is 8.21. The third-order valence-electron chi connectivity index (χ3n) is 4.15. The summed E-state index contributed by atoms with van der Waals surface area (Å²) in [5, 5.41) is 17.6. The van der Waals surface area contributed by atoms with Gasteiger partial charge in [-0.25, -0.2) is 4.68 Å². The van der Waals surface area contributed by atoms with Crippen LogP contribution in [0.15, 0.2) is 30.5 Å². The first-order valence-electron chi connectivity index (χ1n) is 8.21. The van der Waals surface area contributed by atoms with Crippen LogP contribution in [0.4, 0.5) is 0 Å². The molecular weight excluding hydrogens is 302 g/mol. The van der Waals surface area contributed by atoms with Crippen LogP contribution < -0.4 is 0 Å². The molecule has 0 spiro atoms. The van der Waals surface area contributed by atoms with Gasteiger partial charge in [-0.2, -0.15) is 5.26 Å². The highest BCUT2D eigenvalue weighted by Gasteiger charge is 2.23. The van der Waals surface area contributed by atoms with Crippen LogP contribution in [0.2, 0.25) is 0 Å². The fraction of sp³-hybridized carbons (Fsp3) is 0.500. The van der Waals surface area contributed by atoms with E-state index >= 15 is 0 Å². The van der Waals surface area contributed by atoms with E-state index in [2.05, 4.69) is 42.1 Å². The molecule has 6 heteroatoms. The van der Waals surface area contributed by atoms with Gasteiger partial charge in [0.05, 0.1) is 41.8 Å². The van der Waals surface area contributed by atoms with Crippen molar-refractivity contribution < 1.29 is 4.74 Å². The molecule has 1 aliphatic rings. The van der Waals surface area contributed by atoms with Crippen molar-refractivity contribution >= 4 is 0 Å². The SMILES string of the molecule is CC(C)(C)n1cc(CN2CCO[C@@H](c3cccc(C#N)c3)C2)nn1. The van der Waals surface area contributed by atoms with E-state index < -0.39 is 0 Å². The summed E-state index contributed by atoms with van der Waals surface area (Å²) in [6, 6.07) is 9.83. The van der Waals surface area contributed by atoms with Crippen molar-refractivity contribution in [2.24, 2.45) is 0 Å². The maximum atomic E-state index is 9.06. The van der Waals surface area contributed by atoms with Gasteiger partial charge in [-0.1, -0.05) is 17.3 Å². The van der Waals surface area contributed by atoms with Crippen molar-refractivity contribution in [3.8, 4) is 6.07 Å². The second-order valence-electron chi connectivity index (χ2n) is 7.16. The smallest absolute Gasteiger partial charge is 0.0991 e. The van der Waals surface area contributed by atoms with E-state index in [0.29, 0.717) is 12.2 Å². The van der Waals surface area contributed by atoms with Gasteiger partial charge >= 0.3 is 0 Å². The molecule has 1 fully saturated rings. The highest BCUT2D eigenvalue weighted by molar-refractivity contribution is 5.34. The van der Waals surface area contributed by atoms with Gasteiger partial charge in [0.25, 0.3) is 0 Å². The van der Waals surface area contributed by atoms with Crippen molar-refractivity contribution in [3.63, 3.8) is 0 Å². The Balaban J connectivity index is 1.67. The molecule has 0 saturated carbocycles. The number of nitrogens with zero attached hydrogens (tertiary/aromatic N) is 5. The van der Waals surface area contributed by atoms with Crippen molar-refractivity contribution in [2.75, 3.05) is 19.7 Å². The normalized spacial score (nSPS) is 19.2. The number of hydrogen-bond donors (Lipinski definition) is 0. The third-order valence-corrected chi connectivity index (χ3v) is 4.15. The van der Waals surface area contributed by atoms with Crippen LogP contribution in [0.5, 0.6) is 0 Å². The van der Waals surface area contributed by atoms with Crippen LogP contribution in [-0.4, -0.2) is 39.6 Å². The molecule has 1 saturated heterocycles. The zero-order chi connectivity index (χ0) is 17.2. The molecular formula is C18H23N5O. The average Bonchev–Trinajstić information content (AvgIpc) is 3.04. The van der Waals surface area contributed by atoms with Crippen LogP contribution in [-0.2, 0) is 16.8 Å². The van der Waals surface area contributed by atoms with Gasteiger partial charge in [0.15, 0.2) is 0 Å². The van der Waals surface area contributed by atoms with Gasteiger partial charge in [-0.15, -0.1) is 5.10 Å². The van der Waals surface area contributed by atoms with Gasteiger partial charge in [-0.05, 0) is 38.5 Å². The van der Waals surface area contributed by atoms with Gasteiger partial charge in [0.1, 0.15) is 0 Å². The molecule has 2 heterocycles. The summed E-state index contributed by atoms with van der Waals surface area (Å²) < 4.78 is 7.80. The minimum atomic E-state index is -0.0590. The van der Waals surface area contributed by atoms with Crippen LogP contribution in [0.1, 0.15) is 43.7 Å². The van der Waals surface area contributed by atoms with Crippen molar-refractivity contribution in [3.05, 3.63) is 47.3 Å². The predicted octanol–water partition coefficient (Wildman–Crippen LogP) is 2.48. The summed E-state index contributed by atoms with van der Waals surface area (Å²) in [4.78, 5) is 2.32. The fourth-order valence-corrected chi connectivity index (χ4v) is 2.78. The summed E-state index contributed by atoms with van der Waals surface area (Å²) >= 11 is 0. The summed E-state index contributed by atoms with van der Waals surface area (Å²) in [5.41, 5.74) is 2.63. The molecule has 1 atom stereocenters. The average molecular weight is 325 g/mol. The van der Waals surface area contributed by atoms with Gasteiger partial charge in [0.2, 0.25) is 0 Å². The molecule has 1 aliphatic heterocycles. The Kier molecular flexibility index (Phi) is 4.65. The molecule has 3 rings (SSSR count). The van der Waals surface area contributed by atoms with E-state index in [1.165, 1.54) is 0 Å². The Morgan fingerprint density at radius 3 is 2.92 bits per heavy atom. The molecule has 0 radical (unpaired) electrons. The van der Waals surface area contributed by atoms with E-state index in [0.717, 1.165) is 30.9 Å². The molecule has 6 nitrogen and oxygen atoms in total. The van der Waals surface area contributed by atoms with Crippen LogP contribution in [0, 0.1) is 11.3 Å². The molecule has 0 aliphatic carbocycles. The monoisotopic (exact) mass is 325 g/mol. The largest absolute Gasteiger partial charge is 0.371 e. The lowest BCUT2D eigenvalue weighted by atomic mass is 10.0. The first-order chi connectivity index (χ1) is 11.5. The Morgan fingerprint density at radius 2 is 2.21 bits per heavy atom. The van der Waals surface area contributed by atoms with Crippen molar-refractivity contribution in [2.45, 2.75) is 39.0 Å². The van der Waals surface area contributed by atoms with Crippen molar-refractivity contribution in [1.29, 1.82) is 5.26 Å². The molecule has 126 valence electrons. The minimum Gasteiger partial charge on any atom is -0.371 e. The Morgan fingerprint density at radius 1 is 1.38 bits per heavy atom. The molecule has 2 aromatic rings.